The molecule has 6 nitrogen and oxygen atoms in total. The Labute approximate surface area is 149 Å². The van der Waals surface area contributed by atoms with E-state index in [2.05, 4.69) is 50.3 Å². The third kappa shape index (κ3) is 2.55. The first kappa shape index (κ1) is 14.8. The van der Waals surface area contributed by atoms with Gasteiger partial charge in [-0.15, -0.1) is 11.3 Å². The lowest BCUT2D eigenvalue weighted by molar-refractivity contribution is 0.503. The highest BCUT2D eigenvalue weighted by atomic mass is 32.1. The summed E-state index contributed by atoms with van der Waals surface area (Å²) in [5.41, 5.74) is 2.08. The fraction of sp³-hybridized carbons (Fsp3) is 0.333. The van der Waals surface area contributed by atoms with Gasteiger partial charge in [0.2, 0.25) is 0 Å². The Hall–Kier alpha value is -2.54. The summed E-state index contributed by atoms with van der Waals surface area (Å²) in [6.07, 6.45) is 3.90. The molecule has 5 rings (SSSR count). The molecule has 25 heavy (non-hydrogen) atoms. The number of anilines is 1. The minimum Gasteiger partial charge on any atom is -0.356 e. The maximum absolute atomic E-state index is 4.88. The smallest absolute Gasteiger partial charge is 0.254 e. The van der Waals surface area contributed by atoms with Crippen molar-refractivity contribution >= 4 is 33.1 Å². The number of rotatable bonds is 2. The molecule has 0 bridgehead atoms. The average molecular weight is 350 g/mol. The molecule has 126 valence electrons. The average Bonchev–Trinajstić information content (AvgIpc) is 3.27. The number of aryl methyl sites for hydroxylation is 1. The van der Waals surface area contributed by atoms with Gasteiger partial charge in [-0.05, 0) is 31.9 Å². The SMILES string of the molecule is Cc1cc(N2CCC[C@H](c3nc4ccccc4s3)C2)n2ncnc2n1. The number of thiazole rings is 1. The zero-order chi connectivity index (χ0) is 16.8. The largest absolute Gasteiger partial charge is 0.356 e. The minimum atomic E-state index is 0.457. The van der Waals surface area contributed by atoms with Gasteiger partial charge in [0.15, 0.2) is 0 Å². The number of nitrogens with zero attached hydrogens (tertiary/aromatic N) is 6. The first-order valence-corrected chi connectivity index (χ1v) is 9.37. The summed E-state index contributed by atoms with van der Waals surface area (Å²) in [5, 5.41) is 5.60. The van der Waals surface area contributed by atoms with Crippen molar-refractivity contribution in [1.29, 1.82) is 0 Å². The Kier molecular flexibility index (Phi) is 3.41. The second kappa shape index (κ2) is 5.77. The van der Waals surface area contributed by atoms with Crippen LogP contribution in [-0.2, 0) is 0 Å². The Morgan fingerprint density at radius 2 is 2.12 bits per heavy atom. The van der Waals surface area contributed by atoms with Crippen molar-refractivity contribution in [2.45, 2.75) is 25.7 Å². The van der Waals surface area contributed by atoms with Crippen molar-refractivity contribution in [3.8, 4) is 0 Å². The highest BCUT2D eigenvalue weighted by Gasteiger charge is 2.26. The zero-order valence-electron chi connectivity index (χ0n) is 14.0. The summed E-state index contributed by atoms with van der Waals surface area (Å²) in [4.78, 5) is 16.0. The Morgan fingerprint density at radius 1 is 1.20 bits per heavy atom. The number of aromatic nitrogens is 5. The summed E-state index contributed by atoms with van der Waals surface area (Å²) in [6.45, 7) is 3.99. The molecule has 0 N–H and O–H groups in total. The molecule has 1 aliphatic rings. The van der Waals surface area contributed by atoms with Crippen LogP contribution in [0.5, 0.6) is 0 Å². The van der Waals surface area contributed by atoms with Crippen LogP contribution in [0, 0.1) is 6.92 Å². The molecule has 7 heteroatoms. The lowest BCUT2D eigenvalue weighted by atomic mass is 9.98. The van der Waals surface area contributed by atoms with Gasteiger partial charge in [-0.1, -0.05) is 12.1 Å². The monoisotopic (exact) mass is 350 g/mol. The molecule has 1 fully saturated rings. The van der Waals surface area contributed by atoms with Crippen LogP contribution in [0.3, 0.4) is 0 Å². The second-order valence-electron chi connectivity index (χ2n) is 6.53. The van der Waals surface area contributed by atoms with E-state index in [0.29, 0.717) is 11.7 Å². The van der Waals surface area contributed by atoms with Gasteiger partial charge in [0, 0.05) is 30.8 Å². The van der Waals surface area contributed by atoms with Gasteiger partial charge in [0.1, 0.15) is 12.1 Å². The summed E-state index contributed by atoms with van der Waals surface area (Å²) in [5.74, 6) is 2.20. The lowest BCUT2D eigenvalue weighted by Crippen LogP contribution is -2.35. The van der Waals surface area contributed by atoms with Crippen LogP contribution in [-0.4, -0.2) is 37.7 Å². The first-order chi connectivity index (χ1) is 12.3. The maximum atomic E-state index is 4.88. The van der Waals surface area contributed by atoms with Crippen LogP contribution in [0.1, 0.15) is 29.5 Å². The quantitative estimate of drug-likeness (QED) is 0.554. The van der Waals surface area contributed by atoms with Gasteiger partial charge in [-0.2, -0.15) is 14.6 Å². The lowest BCUT2D eigenvalue weighted by Gasteiger charge is -2.33. The van der Waals surface area contributed by atoms with Crippen molar-refractivity contribution < 1.29 is 0 Å². The topological polar surface area (TPSA) is 59.2 Å². The summed E-state index contributed by atoms with van der Waals surface area (Å²) in [6, 6.07) is 10.5. The number of fused-ring (bicyclic) bond motifs is 2. The standard InChI is InChI=1S/C18H18N6S/c1-12-9-16(24-18(21-12)19-11-20-24)23-8-4-5-13(10-23)17-22-14-6-2-3-7-15(14)25-17/h2-3,6-7,9,11,13H,4-5,8,10H2,1H3/t13-/m0/s1. The van der Waals surface area contributed by atoms with E-state index in [1.807, 2.05) is 22.8 Å². The van der Waals surface area contributed by atoms with Crippen molar-refractivity contribution in [1.82, 2.24) is 24.6 Å². The molecular formula is C18H18N6S. The number of hydrogen-bond donors (Lipinski definition) is 0. The van der Waals surface area contributed by atoms with E-state index in [9.17, 15) is 0 Å². The Bertz CT molecular complexity index is 1020. The number of para-hydroxylation sites is 1. The van der Waals surface area contributed by atoms with Gasteiger partial charge >= 0.3 is 0 Å². The van der Waals surface area contributed by atoms with E-state index in [1.54, 1.807) is 6.33 Å². The van der Waals surface area contributed by atoms with Crippen molar-refractivity contribution in [2.24, 2.45) is 0 Å². The number of piperidine rings is 1. The van der Waals surface area contributed by atoms with Gasteiger partial charge in [-0.25, -0.2) is 9.97 Å². The van der Waals surface area contributed by atoms with Crippen LogP contribution in [0.2, 0.25) is 0 Å². The molecule has 0 aliphatic carbocycles. The molecule has 0 amide bonds. The maximum Gasteiger partial charge on any atom is 0.254 e. The number of hydrogen-bond acceptors (Lipinski definition) is 6. The van der Waals surface area contributed by atoms with Gasteiger partial charge in [0.05, 0.1) is 15.2 Å². The predicted molar refractivity (Wildman–Crippen MR) is 99.3 cm³/mol. The molecule has 3 aromatic heterocycles. The van der Waals surface area contributed by atoms with Crippen LogP contribution >= 0.6 is 11.3 Å². The zero-order valence-corrected chi connectivity index (χ0v) is 14.8. The van der Waals surface area contributed by atoms with Gasteiger partial charge < -0.3 is 4.90 Å². The molecule has 4 aromatic rings. The predicted octanol–water partition coefficient (Wildman–Crippen LogP) is 3.43. The van der Waals surface area contributed by atoms with Crippen LogP contribution in [0.25, 0.3) is 16.0 Å². The van der Waals surface area contributed by atoms with Crippen molar-refractivity contribution in [2.75, 3.05) is 18.0 Å². The fourth-order valence-electron chi connectivity index (χ4n) is 3.59. The molecule has 1 aliphatic heterocycles. The van der Waals surface area contributed by atoms with E-state index in [4.69, 9.17) is 4.98 Å². The third-order valence-electron chi connectivity index (χ3n) is 4.77. The Morgan fingerprint density at radius 3 is 3.04 bits per heavy atom. The third-order valence-corrected chi connectivity index (χ3v) is 5.97. The van der Waals surface area contributed by atoms with Crippen LogP contribution in [0.15, 0.2) is 36.7 Å². The molecule has 0 unspecified atom stereocenters. The molecule has 4 heterocycles. The first-order valence-electron chi connectivity index (χ1n) is 8.56. The highest BCUT2D eigenvalue weighted by molar-refractivity contribution is 7.18. The molecule has 0 saturated carbocycles. The van der Waals surface area contributed by atoms with Gasteiger partial charge in [-0.3, -0.25) is 0 Å². The molecule has 1 atom stereocenters. The minimum absolute atomic E-state index is 0.457. The molecule has 1 aromatic carbocycles. The summed E-state index contributed by atoms with van der Waals surface area (Å²) in [7, 11) is 0. The molecule has 0 radical (unpaired) electrons. The molecule has 0 spiro atoms. The van der Waals surface area contributed by atoms with E-state index in [-0.39, 0.29) is 0 Å². The molecule has 1 saturated heterocycles. The van der Waals surface area contributed by atoms with Gasteiger partial charge in [0.25, 0.3) is 5.78 Å². The van der Waals surface area contributed by atoms with Crippen LogP contribution in [0.4, 0.5) is 5.82 Å². The summed E-state index contributed by atoms with van der Waals surface area (Å²) < 4.78 is 3.11. The van der Waals surface area contributed by atoms with Crippen LogP contribution < -0.4 is 4.90 Å². The summed E-state index contributed by atoms with van der Waals surface area (Å²) >= 11 is 1.82. The van der Waals surface area contributed by atoms with E-state index < -0.39 is 0 Å². The second-order valence-corrected chi connectivity index (χ2v) is 7.59. The van der Waals surface area contributed by atoms with E-state index >= 15 is 0 Å². The number of benzene rings is 1. The Balaban J connectivity index is 1.50. The van der Waals surface area contributed by atoms with E-state index in [1.165, 1.54) is 16.1 Å². The van der Waals surface area contributed by atoms with E-state index in [0.717, 1.165) is 36.5 Å². The van der Waals surface area contributed by atoms with Crippen molar-refractivity contribution in [3.63, 3.8) is 0 Å². The fourth-order valence-corrected chi connectivity index (χ4v) is 4.68. The molecular weight excluding hydrogens is 332 g/mol. The highest BCUT2D eigenvalue weighted by Crippen LogP contribution is 2.34. The normalized spacial score (nSPS) is 18.3. The van der Waals surface area contributed by atoms with Crippen molar-refractivity contribution in [3.05, 3.63) is 47.4 Å².